The van der Waals surface area contributed by atoms with Crippen LogP contribution in [0.25, 0.3) is 0 Å². The number of carbonyl (C=O) groups excluding carboxylic acids is 2. The lowest BCUT2D eigenvalue weighted by Gasteiger charge is -2.22. The number of rotatable bonds is 10. The van der Waals surface area contributed by atoms with E-state index in [0.717, 1.165) is 36.3 Å². The third-order valence-corrected chi connectivity index (χ3v) is 8.16. The van der Waals surface area contributed by atoms with Gasteiger partial charge in [0.15, 0.2) is 13.2 Å². The molecule has 3 rings (SSSR count). The molecule has 0 radical (unpaired) electrons. The van der Waals surface area contributed by atoms with E-state index in [4.69, 9.17) is 9.47 Å². The molecule has 1 aliphatic rings. The molecule has 2 aromatic rings. The van der Waals surface area contributed by atoms with Crippen molar-refractivity contribution in [2.75, 3.05) is 31.1 Å². The number of hydrogen-bond donors (Lipinski definition) is 0. The van der Waals surface area contributed by atoms with Crippen LogP contribution in [0.2, 0.25) is 0 Å². The first-order chi connectivity index (χ1) is 15.3. The number of thiophene rings is 1. The normalized spacial score (nSPS) is 13.4. The van der Waals surface area contributed by atoms with E-state index in [1.54, 1.807) is 46.7 Å². The van der Waals surface area contributed by atoms with Gasteiger partial charge in [-0.2, -0.15) is 0 Å². The van der Waals surface area contributed by atoms with Gasteiger partial charge in [-0.05, 0) is 61.9 Å². The maximum Gasteiger partial charge on any atom is 0.344 e. The molecule has 0 atom stereocenters. The van der Waals surface area contributed by atoms with E-state index in [1.165, 1.54) is 11.4 Å². The number of anilines is 1. The van der Waals surface area contributed by atoms with Crippen LogP contribution in [0.4, 0.5) is 5.69 Å². The molecule has 1 heterocycles. The summed E-state index contributed by atoms with van der Waals surface area (Å²) in [6.45, 7) is 1.72. The fourth-order valence-electron chi connectivity index (χ4n) is 3.28. The number of ether oxygens (including phenoxy) is 2. The number of allylic oxidation sites excluding steroid dienone is 2. The molecule has 8 nitrogen and oxygen atoms in total. The average molecular weight is 479 g/mol. The second kappa shape index (κ2) is 10.6. The molecule has 0 fully saturated rings. The summed E-state index contributed by atoms with van der Waals surface area (Å²) in [5, 5.41) is 1.70. The van der Waals surface area contributed by atoms with Crippen LogP contribution in [0.1, 0.15) is 26.2 Å². The molecule has 0 N–H and O–H groups in total. The molecule has 1 aromatic heterocycles. The molecule has 0 saturated heterocycles. The molecule has 1 aromatic carbocycles. The Balaban J connectivity index is 1.48. The molecular formula is C22H26N2O6S2. The second-order valence-electron chi connectivity index (χ2n) is 7.07. The summed E-state index contributed by atoms with van der Waals surface area (Å²) in [6.07, 6.45) is 4.89. The van der Waals surface area contributed by atoms with E-state index >= 15 is 0 Å². The van der Waals surface area contributed by atoms with Gasteiger partial charge < -0.3 is 14.4 Å². The van der Waals surface area contributed by atoms with E-state index in [2.05, 4.69) is 0 Å². The van der Waals surface area contributed by atoms with E-state index in [-0.39, 0.29) is 23.3 Å². The monoisotopic (exact) mass is 478 g/mol. The van der Waals surface area contributed by atoms with Gasteiger partial charge in [0.25, 0.3) is 15.9 Å². The number of esters is 1. The first-order valence-electron chi connectivity index (χ1n) is 10.2. The van der Waals surface area contributed by atoms with Crippen LogP contribution < -0.4 is 9.04 Å². The Morgan fingerprint density at radius 3 is 2.47 bits per heavy atom. The van der Waals surface area contributed by atoms with Crippen molar-refractivity contribution < 1.29 is 27.5 Å². The van der Waals surface area contributed by atoms with E-state index in [1.807, 2.05) is 13.0 Å². The van der Waals surface area contributed by atoms with Crippen molar-refractivity contribution >= 4 is 38.9 Å². The minimum absolute atomic E-state index is 0.253. The fraction of sp³-hybridized carbons (Fsp3) is 0.364. The van der Waals surface area contributed by atoms with Gasteiger partial charge in [-0.25, -0.2) is 13.2 Å². The molecule has 0 bridgehead atoms. The second-order valence-corrected chi connectivity index (χ2v) is 10.2. The Hall–Kier alpha value is -2.85. The van der Waals surface area contributed by atoms with Gasteiger partial charge in [0.05, 0.1) is 5.69 Å². The van der Waals surface area contributed by atoms with Gasteiger partial charge in [0.2, 0.25) is 0 Å². The molecule has 0 saturated carbocycles. The number of sulfonamides is 1. The molecule has 0 aliphatic heterocycles. The Bertz CT molecular complexity index is 1060. The van der Waals surface area contributed by atoms with Gasteiger partial charge in [0, 0.05) is 19.3 Å². The summed E-state index contributed by atoms with van der Waals surface area (Å²) in [4.78, 5) is 25.9. The van der Waals surface area contributed by atoms with Gasteiger partial charge in [-0.1, -0.05) is 12.1 Å². The zero-order valence-electron chi connectivity index (χ0n) is 18.0. The number of benzene rings is 1. The molecule has 1 amide bonds. The van der Waals surface area contributed by atoms with E-state index in [9.17, 15) is 18.0 Å². The zero-order valence-corrected chi connectivity index (χ0v) is 19.7. The molecule has 1 aliphatic carbocycles. The van der Waals surface area contributed by atoms with Crippen LogP contribution in [-0.4, -0.2) is 52.0 Å². The topological polar surface area (TPSA) is 93.2 Å². The first-order valence-corrected chi connectivity index (χ1v) is 12.5. The molecule has 0 spiro atoms. The van der Waals surface area contributed by atoms with Crippen LogP contribution in [-0.2, 0) is 24.3 Å². The standard InChI is InChI=1S/C22H26N2O6S2/c1-3-24(18-7-4-5-8-18)20(25)15-30-21(26)16-29-19-12-10-17(11-13-19)23(2)32(27,28)22-9-6-14-31-22/h6-7,9-14H,3-5,8,15-16H2,1-2H3. The van der Waals surface area contributed by atoms with Crippen molar-refractivity contribution in [3.63, 3.8) is 0 Å². The SMILES string of the molecule is CCN(C(=O)COC(=O)COc1ccc(N(C)S(=O)(=O)c2cccs2)cc1)C1=CCCC1. The predicted octanol–water partition coefficient (Wildman–Crippen LogP) is 3.41. The number of carbonyl (C=O) groups is 2. The van der Waals surface area contributed by atoms with Crippen molar-refractivity contribution in [3.8, 4) is 5.75 Å². The van der Waals surface area contributed by atoms with Crippen LogP contribution in [0.15, 0.2) is 57.8 Å². The third kappa shape index (κ3) is 5.68. The Labute approximate surface area is 192 Å². The zero-order chi connectivity index (χ0) is 23.1. The summed E-state index contributed by atoms with van der Waals surface area (Å²) >= 11 is 1.15. The lowest BCUT2D eigenvalue weighted by molar-refractivity contribution is -0.152. The lowest BCUT2D eigenvalue weighted by atomic mass is 10.3. The number of nitrogens with zero attached hydrogens (tertiary/aromatic N) is 2. The highest BCUT2D eigenvalue weighted by Crippen LogP contribution is 2.26. The Morgan fingerprint density at radius 2 is 1.88 bits per heavy atom. The van der Waals surface area contributed by atoms with E-state index in [0.29, 0.717) is 18.0 Å². The van der Waals surface area contributed by atoms with Gasteiger partial charge >= 0.3 is 5.97 Å². The van der Waals surface area contributed by atoms with Crippen molar-refractivity contribution in [2.24, 2.45) is 0 Å². The smallest absolute Gasteiger partial charge is 0.344 e. The fourth-order valence-corrected chi connectivity index (χ4v) is 5.64. The maximum absolute atomic E-state index is 12.6. The lowest BCUT2D eigenvalue weighted by Crippen LogP contribution is -2.34. The van der Waals surface area contributed by atoms with Crippen LogP contribution in [0.5, 0.6) is 5.75 Å². The number of likely N-dealkylation sites (N-methyl/N-ethyl adjacent to an activating group) is 1. The average Bonchev–Trinajstić information content (AvgIpc) is 3.51. The number of hydrogen-bond acceptors (Lipinski definition) is 7. The highest BCUT2D eigenvalue weighted by molar-refractivity contribution is 7.94. The van der Waals surface area contributed by atoms with Crippen molar-refractivity contribution in [1.29, 1.82) is 0 Å². The summed E-state index contributed by atoms with van der Waals surface area (Å²) in [5.41, 5.74) is 1.44. The highest BCUT2D eigenvalue weighted by atomic mass is 32.2. The molecule has 0 unspecified atom stereocenters. The summed E-state index contributed by atoms with van der Waals surface area (Å²) in [7, 11) is -2.15. The van der Waals surface area contributed by atoms with Gasteiger partial charge in [-0.15, -0.1) is 11.3 Å². The molecule has 32 heavy (non-hydrogen) atoms. The predicted molar refractivity (Wildman–Crippen MR) is 122 cm³/mol. The quantitative estimate of drug-likeness (QED) is 0.486. The summed E-state index contributed by atoms with van der Waals surface area (Å²) < 4.78 is 37.1. The largest absolute Gasteiger partial charge is 0.482 e. The Kier molecular flexibility index (Phi) is 7.92. The molecule has 10 heteroatoms. The third-order valence-electron chi connectivity index (χ3n) is 5.00. The van der Waals surface area contributed by atoms with E-state index < -0.39 is 16.0 Å². The minimum Gasteiger partial charge on any atom is -0.482 e. The molecular weight excluding hydrogens is 452 g/mol. The highest BCUT2D eigenvalue weighted by Gasteiger charge is 2.22. The van der Waals surface area contributed by atoms with Crippen molar-refractivity contribution in [2.45, 2.75) is 30.4 Å². The minimum atomic E-state index is -3.62. The van der Waals surface area contributed by atoms with Crippen LogP contribution in [0, 0.1) is 0 Å². The Morgan fingerprint density at radius 1 is 1.12 bits per heavy atom. The maximum atomic E-state index is 12.6. The van der Waals surface area contributed by atoms with Crippen molar-refractivity contribution in [1.82, 2.24) is 4.90 Å². The molecule has 172 valence electrons. The summed E-state index contributed by atoms with van der Waals surface area (Å²) in [6, 6.07) is 9.54. The van der Waals surface area contributed by atoms with Gasteiger partial charge in [0.1, 0.15) is 9.96 Å². The number of amides is 1. The first kappa shape index (κ1) is 23.8. The van der Waals surface area contributed by atoms with Crippen LogP contribution >= 0.6 is 11.3 Å². The van der Waals surface area contributed by atoms with Crippen LogP contribution in [0.3, 0.4) is 0 Å². The van der Waals surface area contributed by atoms with Crippen molar-refractivity contribution in [3.05, 3.63) is 53.6 Å². The summed E-state index contributed by atoms with van der Waals surface area (Å²) in [5.74, 6) is -0.533. The van der Waals surface area contributed by atoms with Gasteiger partial charge in [-0.3, -0.25) is 9.10 Å².